The summed E-state index contributed by atoms with van der Waals surface area (Å²) >= 11 is 0. The van der Waals surface area contributed by atoms with Crippen LogP contribution in [0, 0.1) is 5.92 Å². The molecule has 4 aromatic carbocycles. The predicted octanol–water partition coefficient (Wildman–Crippen LogP) is 6.62. The van der Waals surface area contributed by atoms with Crippen molar-refractivity contribution in [3.8, 4) is 0 Å². The number of allylic oxidation sites excluding steroid dienone is 3. The molecule has 4 aromatic rings. The van der Waals surface area contributed by atoms with Gasteiger partial charge in [-0.1, -0.05) is 79.7 Å². The van der Waals surface area contributed by atoms with Gasteiger partial charge in [-0.15, -0.1) is 0 Å². The standard InChI is InChI=1S/C31H25BN2/c1-22-19-20-26-30(21-22)34(24-13-6-3-7-14-24)29-18-10-17-28-31(29)32(26)25-15-8-9-16-27(25)33(28)23-11-4-2-5-12-23/h2-18,20-22H,19H2,1H3. The Hall–Kier alpha value is -3.98. The summed E-state index contributed by atoms with van der Waals surface area (Å²) in [7, 11) is 0. The van der Waals surface area contributed by atoms with Crippen LogP contribution in [0.3, 0.4) is 0 Å². The summed E-state index contributed by atoms with van der Waals surface area (Å²) in [6.07, 6.45) is 6.06. The van der Waals surface area contributed by atoms with E-state index in [0.29, 0.717) is 5.92 Å². The zero-order valence-electron chi connectivity index (χ0n) is 19.2. The molecule has 2 aliphatic heterocycles. The van der Waals surface area contributed by atoms with Crippen molar-refractivity contribution in [2.45, 2.75) is 13.3 Å². The van der Waals surface area contributed by atoms with Crippen molar-refractivity contribution >= 4 is 46.1 Å². The molecule has 0 fully saturated rings. The fraction of sp³-hybridized carbons (Fsp3) is 0.0968. The number of rotatable bonds is 2. The van der Waals surface area contributed by atoms with Crippen LogP contribution in [0.5, 0.6) is 0 Å². The summed E-state index contributed by atoms with van der Waals surface area (Å²) in [5.74, 6) is 0.523. The zero-order valence-corrected chi connectivity index (χ0v) is 19.2. The Bertz CT molecular complexity index is 1460. The summed E-state index contributed by atoms with van der Waals surface area (Å²) in [4.78, 5) is 4.92. The minimum atomic E-state index is 0.237. The molecule has 1 atom stereocenters. The van der Waals surface area contributed by atoms with Crippen molar-refractivity contribution < 1.29 is 0 Å². The Labute approximate surface area is 201 Å². The number of hydrogen-bond acceptors (Lipinski definition) is 2. The molecule has 0 bridgehead atoms. The lowest BCUT2D eigenvalue weighted by atomic mass is 9.32. The first-order chi connectivity index (χ1) is 16.8. The van der Waals surface area contributed by atoms with Gasteiger partial charge in [0.25, 0.3) is 6.71 Å². The Morgan fingerprint density at radius 1 is 0.647 bits per heavy atom. The fourth-order valence-corrected chi connectivity index (χ4v) is 5.93. The monoisotopic (exact) mass is 436 g/mol. The molecule has 0 saturated heterocycles. The number of hydrogen-bond donors (Lipinski definition) is 0. The van der Waals surface area contributed by atoms with Gasteiger partial charge in [0, 0.05) is 34.1 Å². The average Bonchev–Trinajstić information content (AvgIpc) is 2.89. The first-order valence-electron chi connectivity index (χ1n) is 12.2. The quantitative estimate of drug-likeness (QED) is 0.326. The van der Waals surface area contributed by atoms with Crippen molar-refractivity contribution in [2.24, 2.45) is 5.92 Å². The zero-order chi connectivity index (χ0) is 22.6. The van der Waals surface area contributed by atoms with E-state index in [4.69, 9.17) is 0 Å². The normalized spacial score (nSPS) is 17.9. The van der Waals surface area contributed by atoms with Crippen LogP contribution in [-0.4, -0.2) is 6.71 Å². The average molecular weight is 436 g/mol. The topological polar surface area (TPSA) is 6.48 Å². The van der Waals surface area contributed by atoms with Gasteiger partial charge in [0.1, 0.15) is 0 Å². The van der Waals surface area contributed by atoms with Crippen LogP contribution in [0.15, 0.2) is 126 Å². The molecule has 0 aromatic heterocycles. The minimum Gasteiger partial charge on any atom is -0.312 e. The van der Waals surface area contributed by atoms with E-state index in [-0.39, 0.29) is 6.71 Å². The first kappa shape index (κ1) is 19.5. The van der Waals surface area contributed by atoms with Crippen molar-refractivity contribution in [1.82, 2.24) is 0 Å². The van der Waals surface area contributed by atoms with Crippen molar-refractivity contribution in [1.29, 1.82) is 0 Å². The fourth-order valence-electron chi connectivity index (χ4n) is 5.93. The number of nitrogens with zero attached hydrogens (tertiary/aromatic N) is 2. The molecular weight excluding hydrogens is 411 g/mol. The van der Waals surface area contributed by atoms with E-state index in [9.17, 15) is 0 Å². The van der Waals surface area contributed by atoms with Gasteiger partial charge in [-0.05, 0) is 71.2 Å². The van der Waals surface area contributed by atoms with E-state index >= 15 is 0 Å². The lowest BCUT2D eigenvalue weighted by Gasteiger charge is -2.46. The molecule has 0 N–H and O–H groups in total. The van der Waals surface area contributed by atoms with Gasteiger partial charge in [-0.2, -0.15) is 0 Å². The van der Waals surface area contributed by atoms with Gasteiger partial charge in [0.2, 0.25) is 0 Å². The molecule has 34 heavy (non-hydrogen) atoms. The summed E-state index contributed by atoms with van der Waals surface area (Å²) in [6, 6.07) is 37.3. The van der Waals surface area contributed by atoms with E-state index in [0.717, 1.165) is 6.42 Å². The van der Waals surface area contributed by atoms with Crippen LogP contribution >= 0.6 is 0 Å². The molecular formula is C31H25BN2. The molecule has 0 radical (unpaired) electrons. The Balaban J connectivity index is 1.57. The minimum absolute atomic E-state index is 0.237. The molecule has 0 saturated carbocycles. The smallest absolute Gasteiger partial charge is 0.251 e. The van der Waals surface area contributed by atoms with Crippen LogP contribution < -0.4 is 20.7 Å². The van der Waals surface area contributed by atoms with Gasteiger partial charge < -0.3 is 9.80 Å². The van der Waals surface area contributed by atoms with E-state index in [1.807, 2.05) is 0 Å². The molecule has 3 heteroatoms. The number of anilines is 5. The highest BCUT2D eigenvalue weighted by Gasteiger charge is 2.45. The first-order valence-corrected chi connectivity index (χ1v) is 12.2. The molecule has 0 spiro atoms. The Kier molecular flexibility index (Phi) is 4.32. The van der Waals surface area contributed by atoms with Gasteiger partial charge >= 0.3 is 0 Å². The molecule has 2 nitrogen and oxygen atoms in total. The van der Waals surface area contributed by atoms with Crippen LogP contribution in [-0.2, 0) is 0 Å². The van der Waals surface area contributed by atoms with E-state index in [2.05, 4.69) is 132 Å². The lowest BCUT2D eigenvalue weighted by molar-refractivity contribution is 0.723. The highest BCUT2D eigenvalue weighted by atomic mass is 15.2. The molecule has 3 aliphatic rings. The maximum absolute atomic E-state index is 2.50. The van der Waals surface area contributed by atoms with Gasteiger partial charge in [-0.25, -0.2) is 0 Å². The third kappa shape index (κ3) is 2.77. The summed E-state index contributed by atoms with van der Waals surface area (Å²) < 4.78 is 0. The Morgan fingerprint density at radius 3 is 1.97 bits per heavy atom. The molecule has 1 unspecified atom stereocenters. The van der Waals surface area contributed by atoms with Crippen LogP contribution in [0.25, 0.3) is 0 Å². The van der Waals surface area contributed by atoms with Gasteiger partial charge in [0.05, 0.1) is 0 Å². The Morgan fingerprint density at radius 2 is 1.24 bits per heavy atom. The summed E-state index contributed by atoms with van der Waals surface area (Å²) in [5.41, 5.74) is 11.8. The summed E-state index contributed by atoms with van der Waals surface area (Å²) in [5, 5.41) is 0. The highest BCUT2D eigenvalue weighted by molar-refractivity contribution is 6.96. The van der Waals surface area contributed by atoms with Crippen LogP contribution in [0.2, 0.25) is 0 Å². The van der Waals surface area contributed by atoms with Crippen molar-refractivity contribution in [3.63, 3.8) is 0 Å². The van der Waals surface area contributed by atoms with E-state index in [1.54, 1.807) is 0 Å². The maximum atomic E-state index is 2.50. The van der Waals surface area contributed by atoms with Crippen molar-refractivity contribution in [3.05, 3.63) is 126 Å². The lowest BCUT2D eigenvalue weighted by Crippen LogP contribution is -2.57. The van der Waals surface area contributed by atoms with Crippen molar-refractivity contribution in [2.75, 3.05) is 9.80 Å². The molecule has 1 aliphatic carbocycles. The second-order valence-corrected chi connectivity index (χ2v) is 9.47. The largest absolute Gasteiger partial charge is 0.312 e. The van der Waals surface area contributed by atoms with E-state index in [1.165, 1.54) is 50.5 Å². The van der Waals surface area contributed by atoms with Crippen LogP contribution in [0.1, 0.15) is 13.3 Å². The van der Waals surface area contributed by atoms with Crippen LogP contribution in [0.4, 0.5) is 28.4 Å². The van der Waals surface area contributed by atoms with Gasteiger partial charge in [0.15, 0.2) is 0 Å². The molecule has 2 heterocycles. The number of para-hydroxylation sites is 3. The van der Waals surface area contributed by atoms with E-state index < -0.39 is 0 Å². The summed E-state index contributed by atoms with van der Waals surface area (Å²) in [6.45, 7) is 2.56. The highest BCUT2D eigenvalue weighted by Crippen LogP contribution is 2.46. The SMILES string of the molecule is CC1C=C2C(=CC1)B1c3ccccc3N(c3ccccc3)c3cccc(c31)N2c1ccccc1. The second-order valence-electron chi connectivity index (χ2n) is 9.47. The molecule has 0 amide bonds. The third-order valence-electron chi connectivity index (χ3n) is 7.35. The number of fused-ring (bicyclic) bond motifs is 4. The third-order valence-corrected chi connectivity index (χ3v) is 7.35. The predicted molar refractivity (Wildman–Crippen MR) is 145 cm³/mol. The molecule has 162 valence electrons. The number of benzene rings is 4. The maximum Gasteiger partial charge on any atom is 0.251 e. The molecule has 7 rings (SSSR count). The van der Waals surface area contributed by atoms with Gasteiger partial charge in [-0.3, -0.25) is 0 Å². The second kappa shape index (κ2) is 7.53.